The zero-order valence-electron chi connectivity index (χ0n) is 14.1. The van der Waals surface area contributed by atoms with Crippen molar-refractivity contribution < 1.29 is 23.9 Å². The summed E-state index contributed by atoms with van der Waals surface area (Å²) in [5, 5.41) is 0. The van der Waals surface area contributed by atoms with Gasteiger partial charge in [-0.2, -0.15) is 0 Å². The number of hydrogen-bond acceptors (Lipinski definition) is 5. The van der Waals surface area contributed by atoms with Crippen molar-refractivity contribution in [3.05, 3.63) is 0 Å². The predicted molar refractivity (Wildman–Crippen MR) is 81.5 cm³/mol. The first-order valence-electron chi connectivity index (χ1n) is 7.83. The number of likely N-dealkylation sites (tertiary alicyclic amines) is 1. The highest BCUT2D eigenvalue weighted by molar-refractivity contribution is 5.92. The fourth-order valence-corrected chi connectivity index (χ4v) is 2.83. The molecule has 0 bridgehead atoms. The number of nitrogens with zero attached hydrogens (tertiary/aromatic N) is 2. The van der Waals surface area contributed by atoms with Crippen molar-refractivity contribution in [2.75, 3.05) is 19.7 Å². The maximum Gasteiger partial charge on any atom is 0.410 e. The molecule has 0 aromatic heterocycles. The van der Waals surface area contributed by atoms with Crippen molar-refractivity contribution >= 4 is 17.9 Å². The van der Waals surface area contributed by atoms with Gasteiger partial charge in [0.15, 0.2) is 0 Å². The summed E-state index contributed by atoms with van der Waals surface area (Å²) in [5.41, 5.74) is 4.78. The molecule has 2 rings (SSSR count). The molecule has 2 N–H and O–H groups in total. The van der Waals surface area contributed by atoms with E-state index in [1.54, 1.807) is 27.7 Å². The Morgan fingerprint density at radius 2 is 1.83 bits per heavy atom. The Morgan fingerprint density at radius 3 is 2.30 bits per heavy atom. The third-order valence-corrected chi connectivity index (χ3v) is 4.00. The fourth-order valence-electron chi connectivity index (χ4n) is 2.83. The van der Waals surface area contributed by atoms with E-state index in [4.69, 9.17) is 15.2 Å². The van der Waals surface area contributed by atoms with Gasteiger partial charge in [0.2, 0.25) is 11.8 Å². The first-order chi connectivity index (χ1) is 10.6. The Morgan fingerprint density at radius 1 is 1.17 bits per heavy atom. The monoisotopic (exact) mass is 327 g/mol. The molecule has 2 saturated heterocycles. The standard InChI is InChI=1S/C15H25N3O5/c1-9-11(12(16)19)18(7-8-22-9)13(20)10-5-6-17(10)14(21)23-15(2,3)4/h9-11H,5-8H2,1-4H3,(H2,16,19)/t9-,10-,11+/m1/s1. The lowest BCUT2D eigenvalue weighted by atomic mass is 9.99. The number of rotatable bonds is 2. The van der Waals surface area contributed by atoms with E-state index in [1.165, 1.54) is 9.80 Å². The van der Waals surface area contributed by atoms with Gasteiger partial charge in [-0.15, -0.1) is 0 Å². The number of amides is 3. The van der Waals surface area contributed by atoms with Gasteiger partial charge in [-0.05, 0) is 34.1 Å². The SMILES string of the molecule is C[C@H]1OCCN(C(=O)[C@H]2CCN2C(=O)OC(C)(C)C)[C@@H]1C(N)=O. The first-order valence-corrected chi connectivity index (χ1v) is 7.83. The minimum absolute atomic E-state index is 0.277. The van der Waals surface area contributed by atoms with Crippen molar-refractivity contribution in [2.45, 2.75) is 57.9 Å². The molecule has 0 aromatic rings. The Balaban J connectivity index is 2.07. The van der Waals surface area contributed by atoms with Crippen molar-refractivity contribution in [3.63, 3.8) is 0 Å². The molecule has 0 unspecified atom stereocenters. The molecule has 2 aliphatic rings. The molecule has 2 fully saturated rings. The van der Waals surface area contributed by atoms with Crippen molar-refractivity contribution in [3.8, 4) is 0 Å². The molecule has 130 valence electrons. The van der Waals surface area contributed by atoms with Gasteiger partial charge in [-0.3, -0.25) is 14.5 Å². The van der Waals surface area contributed by atoms with E-state index in [0.29, 0.717) is 19.6 Å². The van der Waals surface area contributed by atoms with Crippen LogP contribution in [0.2, 0.25) is 0 Å². The number of nitrogens with two attached hydrogens (primary N) is 1. The van der Waals surface area contributed by atoms with Crippen LogP contribution in [0, 0.1) is 0 Å². The maximum absolute atomic E-state index is 12.7. The second-order valence-corrected chi connectivity index (χ2v) is 6.93. The van der Waals surface area contributed by atoms with Crippen LogP contribution in [0.4, 0.5) is 4.79 Å². The maximum atomic E-state index is 12.7. The van der Waals surface area contributed by atoms with Crippen LogP contribution in [0.3, 0.4) is 0 Å². The number of ether oxygens (including phenoxy) is 2. The summed E-state index contributed by atoms with van der Waals surface area (Å²) in [5.74, 6) is -0.880. The highest BCUT2D eigenvalue weighted by Gasteiger charge is 2.46. The van der Waals surface area contributed by atoms with Crippen LogP contribution in [0.1, 0.15) is 34.1 Å². The zero-order chi connectivity index (χ0) is 17.4. The molecule has 3 atom stereocenters. The van der Waals surface area contributed by atoms with Crippen molar-refractivity contribution in [2.24, 2.45) is 5.73 Å². The second-order valence-electron chi connectivity index (χ2n) is 6.93. The molecule has 0 aliphatic carbocycles. The molecule has 2 aliphatic heterocycles. The van der Waals surface area contributed by atoms with Gasteiger partial charge in [0.1, 0.15) is 17.7 Å². The van der Waals surface area contributed by atoms with Crippen LogP contribution in [-0.4, -0.2) is 71.2 Å². The average molecular weight is 327 g/mol. The normalized spacial score (nSPS) is 28.1. The van der Waals surface area contributed by atoms with Crippen LogP contribution < -0.4 is 5.73 Å². The van der Waals surface area contributed by atoms with E-state index in [0.717, 1.165) is 0 Å². The van der Waals surface area contributed by atoms with Crippen molar-refractivity contribution in [1.82, 2.24) is 9.80 Å². The summed E-state index contributed by atoms with van der Waals surface area (Å²) in [4.78, 5) is 39.3. The lowest BCUT2D eigenvalue weighted by molar-refractivity contribution is -0.160. The molecule has 3 amide bonds. The summed E-state index contributed by atoms with van der Waals surface area (Å²) in [6.45, 7) is 8.12. The number of hydrogen-bond donors (Lipinski definition) is 1. The summed E-state index contributed by atoms with van der Waals surface area (Å²) >= 11 is 0. The molecule has 0 spiro atoms. The molecule has 2 heterocycles. The number of morpholine rings is 1. The number of primary amides is 1. The van der Waals surface area contributed by atoms with Gasteiger partial charge < -0.3 is 20.1 Å². The predicted octanol–water partition coefficient (Wildman–Crippen LogP) is 0.0970. The smallest absolute Gasteiger partial charge is 0.410 e. The van der Waals surface area contributed by atoms with Crippen LogP contribution in [0.25, 0.3) is 0 Å². The van der Waals surface area contributed by atoms with Gasteiger partial charge in [0.25, 0.3) is 0 Å². The van der Waals surface area contributed by atoms with Crippen LogP contribution in [0.15, 0.2) is 0 Å². The largest absolute Gasteiger partial charge is 0.444 e. The van der Waals surface area contributed by atoms with E-state index in [1.807, 2.05) is 0 Å². The minimum Gasteiger partial charge on any atom is -0.444 e. The molecular formula is C15H25N3O5. The lowest BCUT2D eigenvalue weighted by Gasteiger charge is -2.45. The van der Waals surface area contributed by atoms with Gasteiger partial charge in [-0.25, -0.2) is 4.79 Å². The van der Waals surface area contributed by atoms with E-state index in [2.05, 4.69) is 0 Å². The molecular weight excluding hydrogens is 302 g/mol. The fraction of sp³-hybridized carbons (Fsp3) is 0.800. The summed E-state index contributed by atoms with van der Waals surface area (Å²) in [6, 6.07) is -1.41. The number of carbonyl (C=O) groups excluding carboxylic acids is 3. The van der Waals surface area contributed by atoms with E-state index in [9.17, 15) is 14.4 Å². The van der Waals surface area contributed by atoms with E-state index < -0.39 is 35.8 Å². The molecule has 0 aromatic carbocycles. The van der Waals surface area contributed by atoms with Crippen LogP contribution in [0.5, 0.6) is 0 Å². The Bertz CT molecular complexity index is 502. The Labute approximate surface area is 135 Å². The van der Waals surface area contributed by atoms with Crippen molar-refractivity contribution in [1.29, 1.82) is 0 Å². The Kier molecular flexibility index (Phi) is 4.84. The quantitative estimate of drug-likeness (QED) is 0.775. The number of carbonyl (C=O) groups is 3. The summed E-state index contributed by atoms with van der Waals surface area (Å²) < 4.78 is 10.7. The molecule has 8 nitrogen and oxygen atoms in total. The van der Waals surface area contributed by atoms with Gasteiger partial charge in [0.05, 0.1) is 12.7 Å². The van der Waals surface area contributed by atoms with Gasteiger partial charge in [0, 0.05) is 13.1 Å². The molecule has 0 saturated carbocycles. The highest BCUT2D eigenvalue weighted by atomic mass is 16.6. The van der Waals surface area contributed by atoms with Crippen LogP contribution >= 0.6 is 0 Å². The summed E-state index contributed by atoms with van der Waals surface area (Å²) in [6.07, 6.45) is -0.422. The topological polar surface area (TPSA) is 102 Å². The molecule has 0 radical (unpaired) electrons. The van der Waals surface area contributed by atoms with E-state index >= 15 is 0 Å². The minimum atomic E-state index is -0.808. The summed E-state index contributed by atoms with van der Waals surface area (Å²) in [7, 11) is 0. The Hall–Kier alpha value is -1.83. The van der Waals surface area contributed by atoms with E-state index in [-0.39, 0.29) is 12.5 Å². The third kappa shape index (κ3) is 3.74. The van der Waals surface area contributed by atoms with Gasteiger partial charge in [-0.1, -0.05) is 0 Å². The van der Waals surface area contributed by atoms with Gasteiger partial charge >= 0.3 is 6.09 Å². The zero-order valence-corrected chi connectivity index (χ0v) is 14.1. The third-order valence-electron chi connectivity index (χ3n) is 4.00. The lowest BCUT2D eigenvalue weighted by Crippen LogP contribution is -2.65. The average Bonchev–Trinajstić information content (AvgIpc) is 2.33. The molecule has 23 heavy (non-hydrogen) atoms. The van der Waals surface area contributed by atoms with Crippen LogP contribution in [-0.2, 0) is 19.1 Å². The molecule has 8 heteroatoms. The highest BCUT2D eigenvalue weighted by Crippen LogP contribution is 2.25. The second kappa shape index (κ2) is 6.35. The first kappa shape index (κ1) is 17.5.